The highest BCUT2D eigenvalue weighted by Crippen LogP contribution is 2.10. The molecule has 0 amide bonds. The number of piperazine rings is 1. The Balaban J connectivity index is 1.88. The molecule has 1 saturated heterocycles. The Kier molecular flexibility index (Phi) is 3.93. The maximum Gasteiger partial charge on any atom is 0.225 e. The molecule has 0 saturated carbocycles. The monoisotopic (exact) mass is 250 g/mol. The van der Waals surface area contributed by atoms with Crippen molar-refractivity contribution < 1.29 is 5.21 Å². The van der Waals surface area contributed by atoms with Gasteiger partial charge in [0, 0.05) is 38.6 Å². The molecule has 7 heteroatoms. The minimum Gasteiger partial charge on any atom is -0.409 e. The lowest BCUT2D eigenvalue weighted by molar-refractivity contribution is 0.277. The minimum atomic E-state index is 0.245. The molecule has 0 unspecified atom stereocenters. The normalized spacial score (nSPS) is 18.1. The van der Waals surface area contributed by atoms with Crippen LogP contribution in [0.15, 0.2) is 17.5 Å². The van der Waals surface area contributed by atoms with E-state index >= 15 is 0 Å². The van der Waals surface area contributed by atoms with Crippen molar-refractivity contribution in [2.45, 2.75) is 6.92 Å². The predicted octanol–water partition coefficient (Wildman–Crippen LogP) is -0.347. The summed E-state index contributed by atoms with van der Waals surface area (Å²) in [6, 6.07) is 0. The molecule has 0 aromatic carbocycles. The van der Waals surface area contributed by atoms with E-state index < -0.39 is 0 Å². The van der Waals surface area contributed by atoms with E-state index in [9.17, 15) is 0 Å². The van der Waals surface area contributed by atoms with Crippen LogP contribution < -0.4 is 10.6 Å². The third-order valence-corrected chi connectivity index (χ3v) is 2.94. The molecule has 0 aliphatic carbocycles. The summed E-state index contributed by atoms with van der Waals surface area (Å²) in [4.78, 5) is 12.9. The molecule has 18 heavy (non-hydrogen) atoms. The van der Waals surface area contributed by atoms with Crippen LogP contribution in [0.5, 0.6) is 0 Å². The summed E-state index contributed by atoms with van der Waals surface area (Å²) in [7, 11) is 0. The second-order valence-electron chi connectivity index (χ2n) is 4.41. The lowest BCUT2D eigenvalue weighted by atomic mass is 10.3. The van der Waals surface area contributed by atoms with Gasteiger partial charge in [-0.05, 0) is 12.5 Å². The Morgan fingerprint density at radius 1 is 1.33 bits per heavy atom. The molecular weight excluding hydrogens is 232 g/mol. The lowest BCUT2D eigenvalue weighted by Gasteiger charge is -2.34. The van der Waals surface area contributed by atoms with Crippen LogP contribution in [0.3, 0.4) is 0 Å². The van der Waals surface area contributed by atoms with Gasteiger partial charge in [-0.3, -0.25) is 4.90 Å². The molecule has 1 aromatic rings. The molecule has 0 bridgehead atoms. The summed E-state index contributed by atoms with van der Waals surface area (Å²) in [5.41, 5.74) is 6.55. The average Bonchev–Trinajstić information content (AvgIpc) is 2.40. The number of nitrogens with two attached hydrogens (primary N) is 1. The summed E-state index contributed by atoms with van der Waals surface area (Å²) in [5.74, 6) is 1.01. The number of amidine groups is 1. The first-order valence-corrected chi connectivity index (χ1v) is 5.91. The van der Waals surface area contributed by atoms with Crippen molar-refractivity contribution >= 4 is 11.8 Å². The summed E-state index contributed by atoms with van der Waals surface area (Å²) in [6.45, 7) is 5.88. The molecule has 0 radical (unpaired) electrons. The molecule has 1 fully saturated rings. The van der Waals surface area contributed by atoms with Crippen molar-refractivity contribution in [2.75, 3.05) is 37.6 Å². The molecule has 3 N–H and O–H groups in total. The fourth-order valence-corrected chi connectivity index (χ4v) is 1.92. The van der Waals surface area contributed by atoms with Gasteiger partial charge in [-0.1, -0.05) is 5.16 Å². The third kappa shape index (κ3) is 3.07. The Bertz CT molecular complexity index is 410. The minimum absolute atomic E-state index is 0.245. The average molecular weight is 250 g/mol. The van der Waals surface area contributed by atoms with Gasteiger partial charge in [0.2, 0.25) is 5.95 Å². The van der Waals surface area contributed by atoms with Crippen LogP contribution in [0.2, 0.25) is 0 Å². The number of nitrogens with zero attached hydrogens (tertiary/aromatic N) is 5. The molecule has 7 nitrogen and oxygen atoms in total. The zero-order valence-corrected chi connectivity index (χ0v) is 10.5. The van der Waals surface area contributed by atoms with Gasteiger partial charge in [0.15, 0.2) is 5.84 Å². The highest BCUT2D eigenvalue weighted by molar-refractivity contribution is 5.81. The third-order valence-electron chi connectivity index (χ3n) is 2.94. The predicted molar refractivity (Wildman–Crippen MR) is 68.8 cm³/mol. The van der Waals surface area contributed by atoms with Gasteiger partial charge in [0.1, 0.15) is 0 Å². The molecular formula is C11H18N6O. The first-order valence-electron chi connectivity index (χ1n) is 5.91. The van der Waals surface area contributed by atoms with Crippen molar-refractivity contribution in [3.05, 3.63) is 18.0 Å². The van der Waals surface area contributed by atoms with Crippen LogP contribution in [0.25, 0.3) is 0 Å². The van der Waals surface area contributed by atoms with Crippen molar-refractivity contribution in [3.8, 4) is 0 Å². The van der Waals surface area contributed by atoms with Gasteiger partial charge >= 0.3 is 0 Å². The van der Waals surface area contributed by atoms with E-state index in [4.69, 9.17) is 10.9 Å². The summed E-state index contributed by atoms with van der Waals surface area (Å²) in [5, 5.41) is 11.5. The quantitative estimate of drug-likeness (QED) is 0.330. The van der Waals surface area contributed by atoms with Crippen LogP contribution in [-0.4, -0.2) is 58.6 Å². The topological polar surface area (TPSA) is 90.9 Å². The van der Waals surface area contributed by atoms with Gasteiger partial charge < -0.3 is 15.8 Å². The fourth-order valence-electron chi connectivity index (χ4n) is 1.92. The van der Waals surface area contributed by atoms with Crippen LogP contribution in [0.1, 0.15) is 5.56 Å². The molecule has 1 aromatic heterocycles. The maximum atomic E-state index is 8.53. The van der Waals surface area contributed by atoms with Crippen LogP contribution in [-0.2, 0) is 0 Å². The van der Waals surface area contributed by atoms with E-state index in [0.29, 0.717) is 6.54 Å². The van der Waals surface area contributed by atoms with Crippen molar-refractivity contribution in [1.29, 1.82) is 0 Å². The van der Waals surface area contributed by atoms with Gasteiger partial charge in [0.25, 0.3) is 0 Å². The Morgan fingerprint density at radius 2 is 1.94 bits per heavy atom. The number of aromatic nitrogens is 2. The van der Waals surface area contributed by atoms with Crippen LogP contribution >= 0.6 is 0 Å². The lowest BCUT2D eigenvalue weighted by Crippen LogP contribution is -2.49. The van der Waals surface area contributed by atoms with Gasteiger partial charge in [-0.25, -0.2) is 9.97 Å². The second kappa shape index (κ2) is 5.63. The van der Waals surface area contributed by atoms with E-state index in [1.807, 2.05) is 19.3 Å². The molecule has 1 aliphatic heterocycles. The first kappa shape index (κ1) is 12.6. The number of oxime groups is 1. The zero-order valence-electron chi connectivity index (χ0n) is 10.5. The highest BCUT2D eigenvalue weighted by atomic mass is 16.4. The summed E-state index contributed by atoms with van der Waals surface area (Å²) >= 11 is 0. The molecule has 98 valence electrons. The van der Waals surface area contributed by atoms with E-state index in [2.05, 4.69) is 24.9 Å². The van der Waals surface area contributed by atoms with E-state index in [0.717, 1.165) is 37.7 Å². The number of anilines is 1. The number of rotatable bonds is 3. The van der Waals surface area contributed by atoms with Crippen molar-refractivity contribution in [2.24, 2.45) is 10.9 Å². The van der Waals surface area contributed by atoms with Crippen LogP contribution in [0, 0.1) is 6.92 Å². The SMILES string of the molecule is Cc1cnc(N2CCN(CC(N)=NO)CC2)nc1. The van der Waals surface area contributed by atoms with Gasteiger partial charge in [-0.15, -0.1) is 0 Å². The first-order chi connectivity index (χ1) is 8.69. The number of hydrogen-bond donors (Lipinski definition) is 2. The largest absolute Gasteiger partial charge is 0.409 e. The molecule has 1 aliphatic rings. The van der Waals surface area contributed by atoms with E-state index in [-0.39, 0.29) is 5.84 Å². The smallest absolute Gasteiger partial charge is 0.225 e. The Morgan fingerprint density at radius 3 is 2.50 bits per heavy atom. The standard InChI is InChI=1S/C11H18N6O/c1-9-6-13-11(14-7-9)17-4-2-16(3-5-17)8-10(12)15-18/h6-7,18H,2-5,8H2,1H3,(H2,12,15). The van der Waals surface area contributed by atoms with Gasteiger partial charge in [0.05, 0.1) is 6.54 Å². The number of hydrogen-bond acceptors (Lipinski definition) is 6. The number of aryl methyl sites for hydroxylation is 1. The molecule has 2 heterocycles. The fraction of sp³-hybridized carbons (Fsp3) is 0.545. The van der Waals surface area contributed by atoms with Crippen LogP contribution in [0.4, 0.5) is 5.95 Å². The highest BCUT2D eigenvalue weighted by Gasteiger charge is 2.19. The summed E-state index contributed by atoms with van der Waals surface area (Å²) in [6.07, 6.45) is 3.65. The second-order valence-corrected chi connectivity index (χ2v) is 4.41. The maximum absolute atomic E-state index is 8.53. The van der Waals surface area contributed by atoms with Gasteiger partial charge in [-0.2, -0.15) is 0 Å². The van der Waals surface area contributed by atoms with E-state index in [1.54, 1.807) is 0 Å². The molecule has 0 atom stereocenters. The molecule has 2 rings (SSSR count). The summed E-state index contributed by atoms with van der Waals surface area (Å²) < 4.78 is 0. The van der Waals surface area contributed by atoms with E-state index in [1.165, 1.54) is 0 Å². The molecule has 0 spiro atoms. The zero-order chi connectivity index (χ0) is 13.0. The Labute approximate surface area is 106 Å². The van der Waals surface area contributed by atoms with Crippen molar-refractivity contribution in [3.63, 3.8) is 0 Å². The Hall–Kier alpha value is -1.89. The van der Waals surface area contributed by atoms with Crippen molar-refractivity contribution in [1.82, 2.24) is 14.9 Å².